The molecule has 130 valence electrons. The number of amidine groups is 1. The molecule has 25 heavy (non-hydrogen) atoms. The van der Waals surface area contributed by atoms with Crippen LogP contribution >= 0.6 is 23.2 Å². The summed E-state index contributed by atoms with van der Waals surface area (Å²) >= 11 is 12.1. The van der Waals surface area contributed by atoms with Gasteiger partial charge in [0.25, 0.3) is 5.91 Å². The lowest BCUT2D eigenvalue weighted by Crippen LogP contribution is -2.34. The molecule has 1 N–H and O–H groups in total. The van der Waals surface area contributed by atoms with Crippen LogP contribution in [-0.4, -0.2) is 28.3 Å². The van der Waals surface area contributed by atoms with E-state index in [9.17, 15) is 4.79 Å². The Hall–Kier alpha value is -2.18. The Morgan fingerprint density at radius 3 is 2.72 bits per heavy atom. The van der Waals surface area contributed by atoms with Crippen molar-refractivity contribution in [2.75, 3.05) is 11.6 Å². The van der Waals surface area contributed by atoms with Crippen LogP contribution in [0.3, 0.4) is 0 Å². The van der Waals surface area contributed by atoms with Crippen LogP contribution in [-0.2, 0) is 0 Å². The van der Waals surface area contributed by atoms with Gasteiger partial charge >= 0.3 is 0 Å². The van der Waals surface area contributed by atoms with Gasteiger partial charge in [-0.05, 0) is 24.6 Å². The predicted molar refractivity (Wildman–Crippen MR) is 99.1 cm³/mol. The van der Waals surface area contributed by atoms with Crippen molar-refractivity contribution < 1.29 is 4.79 Å². The zero-order valence-electron chi connectivity index (χ0n) is 13.6. The molecule has 3 rings (SSSR count). The highest BCUT2D eigenvalue weighted by atomic mass is 35.5. The minimum Gasteiger partial charge on any atom is -0.308 e. The first kappa shape index (κ1) is 17.6. The zero-order valence-corrected chi connectivity index (χ0v) is 15.1. The van der Waals surface area contributed by atoms with E-state index < -0.39 is 0 Å². The summed E-state index contributed by atoms with van der Waals surface area (Å²) in [5.41, 5.74) is 1.23. The van der Waals surface area contributed by atoms with E-state index in [1.165, 1.54) is 18.7 Å². The van der Waals surface area contributed by atoms with Crippen molar-refractivity contribution >= 4 is 40.6 Å². The number of hydrogen-bond acceptors (Lipinski definition) is 5. The molecule has 0 aliphatic carbocycles. The fraction of sp³-hybridized carbons (Fsp3) is 0.294. The van der Waals surface area contributed by atoms with E-state index in [1.54, 1.807) is 12.1 Å². The zero-order chi connectivity index (χ0) is 17.8. The number of carbonyl (C=O) groups is 1. The molecule has 2 heterocycles. The van der Waals surface area contributed by atoms with Gasteiger partial charge in [-0.3, -0.25) is 9.80 Å². The average molecular weight is 378 g/mol. The summed E-state index contributed by atoms with van der Waals surface area (Å²) in [5.74, 6) is 0.506. The predicted octanol–water partition coefficient (Wildman–Crippen LogP) is 3.76. The molecule has 0 saturated heterocycles. The number of rotatable bonds is 4. The monoisotopic (exact) mass is 377 g/mol. The smallest absolute Gasteiger partial charge is 0.259 e. The highest BCUT2D eigenvalue weighted by molar-refractivity contribution is 6.42. The summed E-state index contributed by atoms with van der Waals surface area (Å²) in [6, 6.07) is 5.37. The minimum atomic E-state index is -0.267. The Morgan fingerprint density at radius 1 is 1.28 bits per heavy atom. The number of anilines is 1. The highest BCUT2D eigenvalue weighted by Gasteiger charge is 2.28. The number of aromatic nitrogens is 2. The van der Waals surface area contributed by atoms with Gasteiger partial charge in [0.2, 0.25) is 0 Å². The normalized spacial score (nSPS) is 16.7. The molecule has 0 saturated carbocycles. The second-order valence-electron chi connectivity index (χ2n) is 5.73. The Labute approximate surface area is 155 Å². The maximum Gasteiger partial charge on any atom is 0.259 e. The molecule has 1 atom stereocenters. The maximum absolute atomic E-state index is 12.4. The van der Waals surface area contributed by atoms with E-state index in [2.05, 4.69) is 27.3 Å². The molecule has 1 aliphatic rings. The Balaban J connectivity index is 1.81. The lowest BCUT2D eigenvalue weighted by molar-refractivity contribution is 0.0975. The highest BCUT2D eigenvalue weighted by Crippen LogP contribution is 2.30. The fourth-order valence-corrected chi connectivity index (χ4v) is 2.96. The largest absolute Gasteiger partial charge is 0.308 e. The van der Waals surface area contributed by atoms with Crippen LogP contribution in [0.15, 0.2) is 42.0 Å². The van der Waals surface area contributed by atoms with Gasteiger partial charge in [0, 0.05) is 18.3 Å². The van der Waals surface area contributed by atoms with Crippen LogP contribution in [0.1, 0.15) is 30.1 Å². The van der Waals surface area contributed by atoms with Gasteiger partial charge in [0.15, 0.2) is 0 Å². The summed E-state index contributed by atoms with van der Waals surface area (Å²) in [7, 11) is 0. The second-order valence-corrected chi connectivity index (χ2v) is 6.55. The molecule has 1 aromatic carbocycles. The number of carbonyl (C=O) groups excluding carboxylic acids is 1. The standard InChI is InChI=1S/C17H17Cl2N5O/c1-2-3-11-9-24(13-4-5-14(18)15(19)6-13)23-16(11)22-17(25)12-7-20-10-21-8-12/h4-8,10-11H,2-3,9H2,1H3,(H,22,23,25)/t11-/m0/s1. The van der Waals surface area contributed by atoms with Crippen molar-refractivity contribution in [1.29, 1.82) is 0 Å². The van der Waals surface area contributed by atoms with Gasteiger partial charge in [0.05, 0.1) is 27.8 Å². The molecule has 0 spiro atoms. The molecule has 0 unspecified atom stereocenters. The number of nitrogens with zero attached hydrogens (tertiary/aromatic N) is 4. The van der Waals surface area contributed by atoms with E-state index in [-0.39, 0.29) is 11.8 Å². The summed E-state index contributed by atoms with van der Waals surface area (Å²) in [6.07, 6.45) is 6.24. The van der Waals surface area contributed by atoms with Crippen molar-refractivity contribution in [3.8, 4) is 0 Å². The number of hydrogen-bond donors (Lipinski definition) is 1. The fourth-order valence-electron chi connectivity index (χ4n) is 2.66. The minimum absolute atomic E-state index is 0.132. The number of hydrazone groups is 1. The first-order valence-corrected chi connectivity index (χ1v) is 8.71. The average Bonchev–Trinajstić information content (AvgIpc) is 3.01. The Kier molecular flexibility index (Phi) is 5.50. The van der Waals surface area contributed by atoms with E-state index in [0.29, 0.717) is 28.0 Å². The number of halogens is 2. The van der Waals surface area contributed by atoms with Gasteiger partial charge in [-0.2, -0.15) is 5.10 Å². The molecular formula is C17H17Cl2N5O. The number of amides is 1. The Bertz CT molecular complexity index is 797. The van der Waals surface area contributed by atoms with Crippen LogP contribution in [0.25, 0.3) is 0 Å². The van der Waals surface area contributed by atoms with E-state index in [1.807, 2.05) is 11.1 Å². The van der Waals surface area contributed by atoms with Crippen molar-refractivity contribution in [1.82, 2.24) is 15.3 Å². The molecule has 8 heteroatoms. The summed E-state index contributed by atoms with van der Waals surface area (Å²) in [5, 5.41) is 10.3. The third-order valence-electron chi connectivity index (χ3n) is 3.91. The van der Waals surface area contributed by atoms with Crippen LogP contribution in [0.2, 0.25) is 10.0 Å². The molecule has 1 aromatic heterocycles. The number of nitrogens with one attached hydrogen (secondary N) is 1. The summed E-state index contributed by atoms with van der Waals surface area (Å²) < 4.78 is 0. The van der Waals surface area contributed by atoms with Gasteiger partial charge in [0.1, 0.15) is 12.2 Å². The molecule has 0 radical (unpaired) electrons. The van der Waals surface area contributed by atoms with Crippen molar-refractivity contribution in [2.45, 2.75) is 19.8 Å². The Morgan fingerprint density at radius 2 is 2.04 bits per heavy atom. The molecule has 2 aromatic rings. The van der Waals surface area contributed by atoms with Gasteiger partial charge < -0.3 is 5.32 Å². The lowest BCUT2D eigenvalue weighted by Gasteiger charge is -2.16. The first-order chi connectivity index (χ1) is 12.1. The van der Waals surface area contributed by atoms with Crippen molar-refractivity contribution in [2.24, 2.45) is 11.0 Å². The molecular weight excluding hydrogens is 361 g/mol. The topological polar surface area (TPSA) is 70.5 Å². The van der Waals surface area contributed by atoms with Crippen molar-refractivity contribution in [3.05, 3.63) is 52.5 Å². The summed E-state index contributed by atoms with van der Waals surface area (Å²) in [4.78, 5) is 20.1. The van der Waals surface area contributed by atoms with Crippen LogP contribution in [0.5, 0.6) is 0 Å². The third-order valence-corrected chi connectivity index (χ3v) is 4.65. The quantitative estimate of drug-likeness (QED) is 0.880. The van der Waals surface area contributed by atoms with Crippen LogP contribution in [0.4, 0.5) is 5.69 Å². The van der Waals surface area contributed by atoms with Crippen LogP contribution in [0, 0.1) is 5.92 Å². The van der Waals surface area contributed by atoms with Crippen LogP contribution < -0.4 is 10.3 Å². The van der Waals surface area contributed by atoms with Crippen molar-refractivity contribution in [3.63, 3.8) is 0 Å². The van der Waals surface area contributed by atoms with Gasteiger partial charge in [-0.15, -0.1) is 0 Å². The van der Waals surface area contributed by atoms with Gasteiger partial charge in [-0.25, -0.2) is 9.97 Å². The third kappa shape index (κ3) is 4.08. The number of benzene rings is 1. The summed E-state index contributed by atoms with van der Waals surface area (Å²) in [6.45, 7) is 2.78. The maximum atomic E-state index is 12.4. The molecule has 6 nitrogen and oxygen atoms in total. The first-order valence-electron chi connectivity index (χ1n) is 7.96. The van der Waals surface area contributed by atoms with E-state index in [0.717, 1.165) is 18.5 Å². The molecule has 0 fully saturated rings. The second kappa shape index (κ2) is 7.80. The molecule has 1 aliphatic heterocycles. The molecule has 0 bridgehead atoms. The van der Waals surface area contributed by atoms with E-state index in [4.69, 9.17) is 23.2 Å². The lowest BCUT2D eigenvalue weighted by atomic mass is 10.0. The van der Waals surface area contributed by atoms with E-state index >= 15 is 0 Å². The SMILES string of the molecule is CCC[C@H]1CN(c2ccc(Cl)c(Cl)c2)N=C1NC(=O)c1cncnc1. The van der Waals surface area contributed by atoms with Gasteiger partial charge in [-0.1, -0.05) is 36.5 Å². The molecule has 1 amide bonds.